The normalized spacial score (nSPS) is 19.0. The number of hydrogen-bond donors (Lipinski definition) is 1. The Hall–Kier alpha value is -1.89. The third-order valence-electron chi connectivity index (χ3n) is 6.17. The monoisotopic (exact) mass is 444 g/mol. The number of fused-ring (bicyclic) bond motifs is 1. The van der Waals surface area contributed by atoms with Crippen molar-refractivity contribution < 1.29 is 9.53 Å². The number of nitrogens with one attached hydrogen (secondary N) is 1. The quantitative estimate of drug-likeness (QED) is 0.711. The first-order chi connectivity index (χ1) is 15.0. The van der Waals surface area contributed by atoms with Crippen molar-refractivity contribution in [3.63, 3.8) is 0 Å². The molecule has 1 aliphatic heterocycles. The summed E-state index contributed by atoms with van der Waals surface area (Å²) in [7, 11) is 0. The first kappa shape index (κ1) is 22.3. The van der Waals surface area contributed by atoms with Gasteiger partial charge in [-0.25, -0.2) is 0 Å². The van der Waals surface area contributed by atoms with Gasteiger partial charge in [-0.05, 0) is 49.8 Å². The Morgan fingerprint density at radius 3 is 2.81 bits per heavy atom. The number of amides is 1. The summed E-state index contributed by atoms with van der Waals surface area (Å²) in [5.74, 6) is 0.542. The number of halogens is 1. The number of nitrogens with zero attached hydrogens (tertiary/aromatic N) is 3. The Balaban J connectivity index is 1.47. The minimum atomic E-state index is 0.0544. The summed E-state index contributed by atoms with van der Waals surface area (Å²) < 4.78 is 7.51. The first-order valence-corrected chi connectivity index (χ1v) is 11.8. The van der Waals surface area contributed by atoms with E-state index >= 15 is 0 Å². The number of rotatable bonds is 7. The van der Waals surface area contributed by atoms with Crippen LogP contribution in [-0.4, -0.2) is 59.5 Å². The Bertz CT molecular complexity index is 905. The smallest absolute Gasteiger partial charge is 0.274 e. The van der Waals surface area contributed by atoms with E-state index < -0.39 is 0 Å². The van der Waals surface area contributed by atoms with Crippen molar-refractivity contribution in [3.8, 4) is 0 Å². The fourth-order valence-corrected chi connectivity index (χ4v) is 4.79. The maximum atomic E-state index is 13.3. The molecule has 0 saturated carbocycles. The molecule has 2 aliphatic rings. The van der Waals surface area contributed by atoms with Gasteiger partial charge < -0.3 is 15.0 Å². The third-order valence-corrected chi connectivity index (χ3v) is 6.54. The molecule has 2 heterocycles. The molecule has 1 saturated heterocycles. The Kier molecular flexibility index (Phi) is 7.31. The molecule has 168 valence electrons. The molecule has 0 bridgehead atoms. The molecule has 1 amide bonds. The van der Waals surface area contributed by atoms with Gasteiger partial charge in [0.05, 0.1) is 13.2 Å². The fraction of sp³-hybridized carbons (Fsp3) is 0.583. The van der Waals surface area contributed by atoms with Gasteiger partial charge >= 0.3 is 0 Å². The number of benzene rings is 1. The van der Waals surface area contributed by atoms with Crippen LogP contribution in [-0.2, 0) is 30.5 Å². The predicted molar refractivity (Wildman–Crippen MR) is 123 cm³/mol. The number of morpholine rings is 1. The summed E-state index contributed by atoms with van der Waals surface area (Å²) >= 11 is 6.30. The highest BCUT2D eigenvalue weighted by molar-refractivity contribution is 6.31. The van der Waals surface area contributed by atoms with Crippen molar-refractivity contribution in [2.75, 3.05) is 32.8 Å². The van der Waals surface area contributed by atoms with Crippen molar-refractivity contribution in [1.29, 1.82) is 0 Å². The zero-order chi connectivity index (χ0) is 21.8. The largest absolute Gasteiger partial charge is 0.378 e. The van der Waals surface area contributed by atoms with Crippen LogP contribution >= 0.6 is 11.6 Å². The second-order valence-electron chi connectivity index (χ2n) is 8.99. The van der Waals surface area contributed by atoms with Crippen molar-refractivity contribution >= 4 is 17.5 Å². The lowest BCUT2D eigenvalue weighted by atomic mass is 9.90. The van der Waals surface area contributed by atoms with Crippen molar-refractivity contribution in [2.45, 2.75) is 52.1 Å². The minimum Gasteiger partial charge on any atom is -0.378 e. The molecule has 1 atom stereocenters. The molecule has 1 fully saturated rings. The molecule has 2 aromatic rings. The van der Waals surface area contributed by atoms with E-state index in [1.165, 1.54) is 11.3 Å². The summed E-state index contributed by atoms with van der Waals surface area (Å²) in [5.41, 5.74) is 4.20. The lowest BCUT2D eigenvalue weighted by molar-refractivity contribution is 0.0297. The molecular formula is C24H33ClN4O2. The van der Waals surface area contributed by atoms with Gasteiger partial charge in [0, 0.05) is 42.0 Å². The zero-order valence-electron chi connectivity index (χ0n) is 18.6. The molecular weight excluding hydrogens is 412 g/mol. The highest BCUT2D eigenvalue weighted by Crippen LogP contribution is 2.27. The summed E-state index contributed by atoms with van der Waals surface area (Å²) in [6, 6.07) is 8.36. The van der Waals surface area contributed by atoms with Gasteiger partial charge in [0.2, 0.25) is 0 Å². The summed E-state index contributed by atoms with van der Waals surface area (Å²) in [4.78, 5) is 15.2. The second kappa shape index (κ2) is 10.2. The molecule has 0 spiro atoms. The number of hydrogen-bond acceptors (Lipinski definition) is 4. The molecule has 1 aromatic heterocycles. The number of carbonyl (C=O) groups is 1. The van der Waals surface area contributed by atoms with Gasteiger partial charge in [0.1, 0.15) is 0 Å². The van der Waals surface area contributed by atoms with E-state index in [-0.39, 0.29) is 5.91 Å². The molecule has 0 radical (unpaired) electrons. The molecule has 6 nitrogen and oxygen atoms in total. The molecule has 31 heavy (non-hydrogen) atoms. The summed E-state index contributed by atoms with van der Waals surface area (Å²) in [5, 5.41) is 9.34. The van der Waals surface area contributed by atoms with Crippen LogP contribution in [0.2, 0.25) is 5.02 Å². The Morgan fingerprint density at radius 2 is 2.06 bits per heavy atom. The van der Waals surface area contributed by atoms with Crippen LogP contribution < -0.4 is 5.32 Å². The minimum absolute atomic E-state index is 0.0544. The van der Waals surface area contributed by atoms with Crippen LogP contribution in [0.1, 0.15) is 47.6 Å². The second-order valence-corrected chi connectivity index (χ2v) is 9.40. The molecule has 1 aromatic carbocycles. The SMILES string of the molecule is CC(C)Cn1nc(C(=O)N2CCOCC2)c2c1CC[C@@H](NCCc1ccccc1Cl)C2. The molecule has 0 unspecified atom stereocenters. The average molecular weight is 445 g/mol. The third kappa shape index (κ3) is 5.30. The van der Waals surface area contributed by atoms with Gasteiger partial charge in [0.15, 0.2) is 5.69 Å². The van der Waals surface area contributed by atoms with E-state index in [2.05, 4.69) is 29.9 Å². The number of aromatic nitrogens is 2. The van der Waals surface area contributed by atoms with Gasteiger partial charge in [0.25, 0.3) is 5.91 Å². The van der Waals surface area contributed by atoms with Crippen LogP contribution in [0.15, 0.2) is 24.3 Å². The lowest BCUT2D eigenvalue weighted by Gasteiger charge is -2.28. The Morgan fingerprint density at radius 1 is 1.29 bits per heavy atom. The molecule has 4 rings (SSSR count). The molecule has 1 N–H and O–H groups in total. The number of carbonyl (C=O) groups excluding carboxylic acids is 1. The molecule has 1 aliphatic carbocycles. The zero-order valence-corrected chi connectivity index (χ0v) is 19.3. The summed E-state index contributed by atoms with van der Waals surface area (Å²) in [6.07, 6.45) is 3.76. The van der Waals surface area contributed by atoms with Crippen molar-refractivity contribution in [3.05, 3.63) is 51.8 Å². The van der Waals surface area contributed by atoms with Crippen LogP contribution in [0.25, 0.3) is 0 Å². The van der Waals surface area contributed by atoms with E-state index in [0.29, 0.717) is 44.0 Å². The van der Waals surface area contributed by atoms with Gasteiger partial charge in [-0.3, -0.25) is 9.48 Å². The lowest BCUT2D eigenvalue weighted by Crippen LogP contribution is -2.42. The van der Waals surface area contributed by atoms with Gasteiger partial charge in [-0.15, -0.1) is 0 Å². The van der Waals surface area contributed by atoms with E-state index in [1.54, 1.807) is 0 Å². The van der Waals surface area contributed by atoms with Gasteiger partial charge in [-0.2, -0.15) is 5.10 Å². The highest BCUT2D eigenvalue weighted by Gasteiger charge is 2.31. The van der Waals surface area contributed by atoms with Crippen molar-refractivity contribution in [2.24, 2.45) is 5.92 Å². The topological polar surface area (TPSA) is 59.4 Å². The average Bonchev–Trinajstić information content (AvgIpc) is 3.12. The Labute approximate surface area is 189 Å². The standard InChI is InChI=1S/C24H33ClN4O2/c1-17(2)16-29-22-8-7-19(26-10-9-18-5-3-4-6-21(18)25)15-20(22)23(27-29)24(30)28-11-13-31-14-12-28/h3-6,17,19,26H,7-16H2,1-2H3/t19-/m1/s1. The van der Waals surface area contributed by atoms with Crippen molar-refractivity contribution in [1.82, 2.24) is 20.0 Å². The van der Waals surface area contributed by atoms with Gasteiger partial charge in [-0.1, -0.05) is 43.6 Å². The maximum Gasteiger partial charge on any atom is 0.274 e. The fourth-order valence-electron chi connectivity index (χ4n) is 4.56. The van der Waals surface area contributed by atoms with E-state index in [0.717, 1.165) is 49.4 Å². The van der Waals surface area contributed by atoms with E-state index in [1.807, 2.05) is 23.1 Å². The van der Waals surface area contributed by atoms with Crippen LogP contribution in [0.4, 0.5) is 0 Å². The maximum absolute atomic E-state index is 13.3. The molecule has 7 heteroatoms. The number of ether oxygens (including phenoxy) is 1. The highest BCUT2D eigenvalue weighted by atomic mass is 35.5. The first-order valence-electron chi connectivity index (χ1n) is 11.4. The van der Waals surface area contributed by atoms with Crippen LogP contribution in [0.3, 0.4) is 0 Å². The predicted octanol–water partition coefficient (Wildman–Crippen LogP) is 3.35. The van der Waals surface area contributed by atoms with Crippen LogP contribution in [0.5, 0.6) is 0 Å². The van der Waals surface area contributed by atoms with E-state index in [9.17, 15) is 4.79 Å². The van der Waals surface area contributed by atoms with E-state index in [4.69, 9.17) is 21.4 Å². The van der Waals surface area contributed by atoms with Crippen LogP contribution in [0, 0.1) is 5.92 Å². The summed E-state index contributed by atoms with van der Waals surface area (Å²) in [6.45, 7) is 8.60.